The van der Waals surface area contributed by atoms with E-state index in [9.17, 15) is 0 Å². The van der Waals surface area contributed by atoms with Gasteiger partial charge in [0, 0.05) is 11.4 Å². The largest absolute Gasteiger partial charge is 0.389 e. The number of hydrogen-bond donors (Lipinski definition) is 2. The smallest absolute Gasteiger partial charge is 0.141 e. The van der Waals surface area contributed by atoms with E-state index in [0.29, 0.717) is 4.99 Å². The van der Waals surface area contributed by atoms with Gasteiger partial charge in [-0.25, -0.2) is 4.98 Å². The first-order valence-electron chi connectivity index (χ1n) is 6.09. The van der Waals surface area contributed by atoms with E-state index < -0.39 is 0 Å². The lowest BCUT2D eigenvalue weighted by Gasteiger charge is -2.14. The van der Waals surface area contributed by atoms with Crippen LogP contribution in [0.2, 0.25) is 0 Å². The number of pyridine rings is 1. The standard InChI is InChI=1S/C15H17N3S/c1-9-5-4-6-12(7-9)18-15-13(14(16)19)10(2)8-11(3)17-15/h4-8H,1-3H3,(H2,16,19)(H,17,18). The summed E-state index contributed by atoms with van der Waals surface area (Å²) in [4.78, 5) is 4.86. The van der Waals surface area contributed by atoms with Crippen molar-refractivity contribution in [2.45, 2.75) is 20.8 Å². The normalized spacial score (nSPS) is 10.3. The summed E-state index contributed by atoms with van der Waals surface area (Å²) in [6, 6.07) is 10.1. The molecule has 0 bridgehead atoms. The Hall–Kier alpha value is -1.94. The number of nitrogens with two attached hydrogens (primary N) is 1. The van der Waals surface area contributed by atoms with Gasteiger partial charge in [-0.15, -0.1) is 0 Å². The number of anilines is 2. The molecule has 19 heavy (non-hydrogen) atoms. The average molecular weight is 271 g/mol. The Morgan fingerprint density at radius 2 is 1.95 bits per heavy atom. The molecule has 0 saturated carbocycles. The molecular weight excluding hydrogens is 254 g/mol. The number of nitrogens with one attached hydrogen (secondary N) is 1. The third kappa shape index (κ3) is 3.09. The fraction of sp³-hybridized carbons (Fsp3) is 0.200. The number of hydrogen-bond acceptors (Lipinski definition) is 3. The van der Waals surface area contributed by atoms with Crippen molar-refractivity contribution in [2.24, 2.45) is 5.73 Å². The van der Waals surface area contributed by atoms with Gasteiger partial charge >= 0.3 is 0 Å². The number of aromatic nitrogens is 1. The Labute approximate surface area is 118 Å². The van der Waals surface area contributed by atoms with E-state index >= 15 is 0 Å². The molecule has 0 aliphatic heterocycles. The lowest BCUT2D eigenvalue weighted by atomic mass is 10.1. The van der Waals surface area contributed by atoms with Crippen molar-refractivity contribution in [3.63, 3.8) is 0 Å². The summed E-state index contributed by atoms with van der Waals surface area (Å²) in [6.45, 7) is 6.00. The number of benzene rings is 1. The maximum absolute atomic E-state index is 5.80. The van der Waals surface area contributed by atoms with Crippen LogP contribution in [0.5, 0.6) is 0 Å². The molecule has 0 aliphatic rings. The minimum atomic E-state index is 0.361. The van der Waals surface area contributed by atoms with Crippen molar-refractivity contribution in [1.29, 1.82) is 0 Å². The number of rotatable bonds is 3. The van der Waals surface area contributed by atoms with Crippen LogP contribution in [0.25, 0.3) is 0 Å². The molecule has 4 heteroatoms. The molecule has 98 valence electrons. The molecule has 0 amide bonds. The molecule has 0 unspecified atom stereocenters. The van der Waals surface area contributed by atoms with Crippen molar-refractivity contribution in [1.82, 2.24) is 4.98 Å². The monoisotopic (exact) mass is 271 g/mol. The zero-order valence-corrected chi connectivity index (χ0v) is 12.1. The van der Waals surface area contributed by atoms with E-state index in [1.54, 1.807) is 0 Å². The highest BCUT2D eigenvalue weighted by Crippen LogP contribution is 2.23. The van der Waals surface area contributed by atoms with E-state index in [-0.39, 0.29) is 0 Å². The molecule has 3 nitrogen and oxygen atoms in total. The lowest BCUT2D eigenvalue weighted by molar-refractivity contribution is 1.17. The summed E-state index contributed by atoms with van der Waals surface area (Å²) in [5.74, 6) is 0.718. The van der Waals surface area contributed by atoms with Gasteiger partial charge in [0.2, 0.25) is 0 Å². The average Bonchev–Trinajstić information content (AvgIpc) is 2.26. The van der Waals surface area contributed by atoms with E-state index in [4.69, 9.17) is 18.0 Å². The molecule has 2 rings (SSSR count). The molecule has 1 heterocycles. The zero-order valence-electron chi connectivity index (χ0n) is 11.3. The quantitative estimate of drug-likeness (QED) is 0.840. The van der Waals surface area contributed by atoms with E-state index in [0.717, 1.165) is 28.3 Å². The number of thiocarbonyl (C=S) groups is 1. The zero-order chi connectivity index (χ0) is 14.0. The molecule has 1 aromatic carbocycles. The van der Waals surface area contributed by atoms with Crippen molar-refractivity contribution in [3.8, 4) is 0 Å². The van der Waals surface area contributed by atoms with Gasteiger partial charge in [-0.3, -0.25) is 0 Å². The van der Waals surface area contributed by atoms with Crippen LogP contribution in [-0.4, -0.2) is 9.97 Å². The van der Waals surface area contributed by atoms with E-state index in [1.165, 1.54) is 5.56 Å². The maximum atomic E-state index is 5.80. The molecule has 0 atom stereocenters. The van der Waals surface area contributed by atoms with Crippen molar-refractivity contribution >= 4 is 28.7 Å². The van der Waals surface area contributed by atoms with Gasteiger partial charge in [0.1, 0.15) is 10.8 Å². The molecule has 0 spiro atoms. The van der Waals surface area contributed by atoms with Crippen LogP contribution in [0.4, 0.5) is 11.5 Å². The van der Waals surface area contributed by atoms with Crippen LogP contribution in [-0.2, 0) is 0 Å². The lowest BCUT2D eigenvalue weighted by Crippen LogP contribution is -2.15. The Morgan fingerprint density at radius 3 is 2.58 bits per heavy atom. The molecule has 2 aromatic rings. The number of aryl methyl sites for hydroxylation is 3. The van der Waals surface area contributed by atoms with Gasteiger partial charge in [-0.1, -0.05) is 24.4 Å². The van der Waals surface area contributed by atoms with Crippen LogP contribution in [0.3, 0.4) is 0 Å². The SMILES string of the molecule is Cc1cccc(Nc2nc(C)cc(C)c2C(N)=S)c1. The highest BCUT2D eigenvalue weighted by molar-refractivity contribution is 7.80. The topological polar surface area (TPSA) is 50.9 Å². The molecular formula is C15H17N3S. The third-order valence-corrected chi connectivity index (χ3v) is 3.08. The van der Waals surface area contributed by atoms with Crippen LogP contribution in [0.1, 0.15) is 22.4 Å². The van der Waals surface area contributed by atoms with E-state index in [2.05, 4.69) is 29.4 Å². The van der Waals surface area contributed by atoms with Crippen molar-refractivity contribution in [2.75, 3.05) is 5.32 Å². The Bertz CT molecular complexity index is 635. The summed E-state index contributed by atoms with van der Waals surface area (Å²) in [5, 5.41) is 3.30. The fourth-order valence-corrected chi connectivity index (χ4v) is 2.36. The molecule has 0 radical (unpaired) electrons. The van der Waals surface area contributed by atoms with Crippen LogP contribution in [0.15, 0.2) is 30.3 Å². The predicted molar refractivity (Wildman–Crippen MR) is 84.1 cm³/mol. The van der Waals surface area contributed by atoms with Gasteiger partial charge in [-0.2, -0.15) is 0 Å². The molecule has 0 aliphatic carbocycles. The first-order valence-corrected chi connectivity index (χ1v) is 6.50. The second kappa shape index (κ2) is 5.36. The Balaban J connectivity index is 2.47. The second-order valence-electron chi connectivity index (χ2n) is 4.66. The predicted octanol–water partition coefficient (Wildman–Crippen LogP) is 3.38. The number of nitrogens with zero attached hydrogens (tertiary/aromatic N) is 1. The summed E-state index contributed by atoms with van der Waals surface area (Å²) < 4.78 is 0. The van der Waals surface area contributed by atoms with Gasteiger partial charge < -0.3 is 11.1 Å². The summed E-state index contributed by atoms with van der Waals surface area (Å²) in [6.07, 6.45) is 0. The first-order chi connectivity index (χ1) is 8.97. The molecule has 1 aromatic heterocycles. The first kappa shape index (κ1) is 13.5. The van der Waals surface area contributed by atoms with Crippen LogP contribution in [0, 0.1) is 20.8 Å². The van der Waals surface area contributed by atoms with Gasteiger partial charge in [0.15, 0.2) is 0 Å². The van der Waals surface area contributed by atoms with Crippen molar-refractivity contribution in [3.05, 3.63) is 52.7 Å². The molecule has 3 N–H and O–H groups in total. The summed E-state index contributed by atoms with van der Waals surface area (Å²) in [5.41, 5.74) is 10.8. The molecule has 0 saturated heterocycles. The fourth-order valence-electron chi connectivity index (χ4n) is 2.10. The Morgan fingerprint density at radius 1 is 1.21 bits per heavy atom. The second-order valence-corrected chi connectivity index (χ2v) is 5.10. The van der Waals surface area contributed by atoms with Gasteiger partial charge in [0.25, 0.3) is 0 Å². The van der Waals surface area contributed by atoms with Gasteiger partial charge in [-0.05, 0) is 50.1 Å². The minimum absolute atomic E-state index is 0.361. The highest BCUT2D eigenvalue weighted by Gasteiger charge is 2.11. The van der Waals surface area contributed by atoms with Crippen LogP contribution >= 0.6 is 12.2 Å². The van der Waals surface area contributed by atoms with E-state index in [1.807, 2.05) is 32.0 Å². The van der Waals surface area contributed by atoms with Crippen LogP contribution < -0.4 is 11.1 Å². The third-order valence-electron chi connectivity index (χ3n) is 2.87. The van der Waals surface area contributed by atoms with Crippen molar-refractivity contribution < 1.29 is 0 Å². The summed E-state index contributed by atoms with van der Waals surface area (Å²) >= 11 is 5.12. The molecule has 0 fully saturated rings. The minimum Gasteiger partial charge on any atom is -0.389 e. The maximum Gasteiger partial charge on any atom is 0.141 e. The highest BCUT2D eigenvalue weighted by atomic mass is 32.1. The van der Waals surface area contributed by atoms with Gasteiger partial charge in [0.05, 0.1) is 5.56 Å². The summed E-state index contributed by atoms with van der Waals surface area (Å²) in [7, 11) is 0. The Kier molecular flexibility index (Phi) is 3.81.